The Bertz CT molecular complexity index is 1210. The molecule has 4 rings (SSSR count). The molecule has 0 aliphatic carbocycles. The van der Waals surface area contributed by atoms with E-state index in [1.807, 2.05) is 48.2 Å². The van der Waals surface area contributed by atoms with Crippen LogP contribution in [-0.2, 0) is 17.6 Å². The molecule has 8 heteroatoms. The number of nitriles is 1. The molecule has 0 bridgehead atoms. The molecule has 0 saturated carbocycles. The van der Waals surface area contributed by atoms with Crippen molar-refractivity contribution < 1.29 is 4.79 Å². The van der Waals surface area contributed by atoms with Gasteiger partial charge >= 0.3 is 0 Å². The minimum Gasteiger partial charge on any atom is -0.339 e. The van der Waals surface area contributed by atoms with Crippen LogP contribution in [0.5, 0.6) is 0 Å². The Kier molecular flexibility index (Phi) is 7.06. The topological polar surface area (TPSA) is 93.9 Å². The number of anilines is 5. The van der Waals surface area contributed by atoms with Crippen LogP contribution in [0, 0.1) is 11.3 Å². The Morgan fingerprint density at radius 3 is 2.94 bits per heavy atom. The monoisotopic (exact) mass is 460 g/mol. The van der Waals surface area contributed by atoms with Crippen LogP contribution in [0.4, 0.5) is 28.8 Å². The Hall–Kier alpha value is -3.63. The maximum atomic E-state index is 12.0. The quantitative estimate of drug-likeness (QED) is 0.465. The Morgan fingerprint density at radius 1 is 1.24 bits per heavy atom. The van der Waals surface area contributed by atoms with Gasteiger partial charge in [-0.1, -0.05) is 29.8 Å². The number of halogens is 1. The molecule has 168 valence electrons. The molecule has 2 heterocycles. The number of amides is 1. The zero-order valence-electron chi connectivity index (χ0n) is 18.4. The lowest BCUT2D eigenvalue weighted by Gasteiger charge is -2.23. The molecule has 0 radical (unpaired) electrons. The van der Waals surface area contributed by atoms with Crippen LogP contribution < -0.4 is 15.5 Å². The summed E-state index contributed by atoms with van der Waals surface area (Å²) in [4.78, 5) is 23.1. The van der Waals surface area contributed by atoms with Gasteiger partial charge in [0.2, 0.25) is 11.9 Å². The van der Waals surface area contributed by atoms with E-state index < -0.39 is 0 Å². The number of carbonyl (C=O) groups excluding carboxylic acids is 1. The van der Waals surface area contributed by atoms with Crippen LogP contribution in [0.2, 0.25) is 5.02 Å². The summed E-state index contributed by atoms with van der Waals surface area (Å²) in [5, 5.41) is 15.5. The molecule has 1 aliphatic heterocycles. The van der Waals surface area contributed by atoms with Gasteiger partial charge in [-0.3, -0.25) is 4.79 Å². The van der Waals surface area contributed by atoms with Crippen LogP contribution in [0.3, 0.4) is 0 Å². The van der Waals surface area contributed by atoms with E-state index in [2.05, 4.69) is 32.7 Å². The lowest BCUT2D eigenvalue weighted by atomic mass is 10.1. The zero-order chi connectivity index (χ0) is 23.2. The summed E-state index contributed by atoms with van der Waals surface area (Å²) in [6.45, 7) is 2.66. The smallest absolute Gasteiger partial charge is 0.231 e. The van der Waals surface area contributed by atoms with Gasteiger partial charge in [0.05, 0.1) is 12.3 Å². The van der Waals surface area contributed by atoms with Crippen molar-refractivity contribution in [2.75, 3.05) is 22.1 Å². The summed E-state index contributed by atoms with van der Waals surface area (Å²) in [5.74, 6) is 1.05. The highest BCUT2D eigenvalue weighted by molar-refractivity contribution is 6.32. The second-order valence-electron chi connectivity index (χ2n) is 7.84. The number of hydrogen-bond donors (Lipinski definition) is 2. The van der Waals surface area contributed by atoms with Gasteiger partial charge in [0.1, 0.15) is 5.02 Å². The summed E-state index contributed by atoms with van der Waals surface area (Å²) in [6.07, 6.45) is 5.00. The van der Waals surface area contributed by atoms with Crippen LogP contribution in [0.25, 0.3) is 0 Å². The van der Waals surface area contributed by atoms with E-state index in [0.717, 1.165) is 41.0 Å². The highest BCUT2D eigenvalue weighted by Crippen LogP contribution is 2.32. The Balaban J connectivity index is 1.61. The molecule has 0 spiro atoms. The fourth-order valence-electron chi connectivity index (χ4n) is 3.88. The third-order valence-corrected chi connectivity index (χ3v) is 5.81. The zero-order valence-corrected chi connectivity index (χ0v) is 19.2. The van der Waals surface area contributed by atoms with Gasteiger partial charge in [-0.2, -0.15) is 10.2 Å². The van der Waals surface area contributed by atoms with Gasteiger partial charge in [0.25, 0.3) is 0 Å². The molecule has 1 aliphatic rings. The van der Waals surface area contributed by atoms with Crippen molar-refractivity contribution in [2.45, 2.75) is 39.0 Å². The van der Waals surface area contributed by atoms with Crippen LogP contribution >= 0.6 is 11.6 Å². The predicted molar refractivity (Wildman–Crippen MR) is 131 cm³/mol. The van der Waals surface area contributed by atoms with E-state index >= 15 is 0 Å². The van der Waals surface area contributed by atoms with Crippen molar-refractivity contribution in [1.82, 2.24) is 9.97 Å². The van der Waals surface area contributed by atoms with Gasteiger partial charge in [-0.25, -0.2) is 4.98 Å². The van der Waals surface area contributed by atoms with Gasteiger partial charge in [-0.05, 0) is 61.6 Å². The van der Waals surface area contributed by atoms with E-state index in [4.69, 9.17) is 16.9 Å². The molecule has 1 amide bonds. The average molecular weight is 461 g/mol. The minimum atomic E-state index is 0.0418. The third-order valence-electron chi connectivity index (χ3n) is 5.53. The molecular formula is C25H25ClN6O. The van der Waals surface area contributed by atoms with Crippen molar-refractivity contribution in [3.8, 4) is 6.07 Å². The van der Waals surface area contributed by atoms with Crippen LogP contribution in [-0.4, -0.2) is 22.4 Å². The first-order valence-electron chi connectivity index (χ1n) is 11.0. The lowest BCUT2D eigenvalue weighted by molar-refractivity contribution is -0.116. The maximum Gasteiger partial charge on any atom is 0.231 e. The Labute approximate surface area is 198 Å². The van der Waals surface area contributed by atoms with E-state index in [1.165, 1.54) is 0 Å². The molecule has 0 atom stereocenters. The van der Waals surface area contributed by atoms with Crippen molar-refractivity contribution in [3.63, 3.8) is 0 Å². The van der Waals surface area contributed by atoms with E-state index in [9.17, 15) is 4.79 Å². The summed E-state index contributed by atoms with van der Waals surface area (Å²) in [5.41, 5.74) is 4.78. The molecule has 0 unspecified atom stereocenters. The lowest BCUT2D eigenvalue weighted by Crippen LogP contribution is -2.20. The average Bonchev–Trinajstić information content (AvgIpc) is 3.00. The molecular weight excluding hydrogens is 436 g/mol. The van der Waals surface area contributed by atoms with Gasteiger partial charge < -0.3 is 15.5 Å². The largest absolute Gasteiger partial charge is 0.339 e. The van der Waals surface area contributed by atoms with Crippen molar-refractivity contribution in [1.29, 1.82) is 5.26 Å². The standard InChI is InChI=1S/C25H25ClN6O/c1-2-32(20-12-11-18-8-4-10-23(33)30-22(18)15-20)25-28-16-21(26)24(31-25)29-19-9-3-6-17(14-19)7-5-13-27/h3,6,9,11-12,14-16H,2,4-5,7-8,10H2,1H3,(H,30,33)(H,28,29,31). The number of fused-ring (bicyclic) bond motifs is 1. The second kappa shape index (κ2) is 10.3. The Morgan fingerprint density at radius 2 is 2.12 bits per heavy atom. The fourth-order valence-corrected chi connectivity index (χ4v) is 4.01. The van der Waals surface area contributed by atoms with Crippen LogP contribution in [0.15, 0.2) is 48.7 Å². The molecule has 3 aromatic rings. The highest BCUT2D eigenvalue weighted by atomic mass is 35.5. The summed E-state index contributed by atoms with van der Waals surface area (Å²) < 4.78 is 0. The van der Waals surface area contributed by atoms with Gasteiger partial charge in [0.15, 0.2) is 5.82 Å². The normalized spacial score (nSPS) is 12.8. The highest BCUT2D eigenvalue weighted by Gasteiger charge is 2.18. The number of aryl methyl sites for hydroxylation is 2. The van der Waals surface area contributed by atoms with E-state index in [1.54, 1.807) is 6.20 Å². The molecule has 7 nitrogen and oxygen atoms in total. The first kappa shape index (κ1) is 22.6. The third kappa shape index (κ3) is 5.41. The van der Waals surface area contributed by atoms with Gasteiger partial charge in [0, 0.05) is 36.4 Å². The second-order valence-corrected chi connectivity index (χ2v) is 8.24. The predicted octanol–water partition coefficient (Wildman–Crippen LogP) is 5.76. The first-order valence-corrected chi connectivity index (χ1v) is 11.4. The van der Waals surface area contributed by atoms with E-state index in [-0.39, 0.29) is 5.91 Å². The molecule has 33 heavy (non-hydrogen) atoms. The number of benzene rings is 2. The fraction of sp³-hybridized carbons (Fsp3) is 0.280. The molecule has 0 fully saturated rings. The van der Waals surface area contributed by atoms with Crippen LogP contribution in [0.1, 0.15) is 37.3 Å². The maximum absolute atomic E-state index is 12.0. The molecule has 2 N–H and O–H groups in total. The van der Waals surface area contributed by atoms with Crippen molar-refractivity contribution >= 4 is 46.3 Å². The summed E-state index contributed by atoms with van der Waals surface area (Å²) >= 11 is 6.40. The molecule has 0 saturated heterocycles. The molecule has 1 aromatic heterocycles. The van der Waals surface area contributed by atoms with Crippen molar-refractivity contribution in [3.05, 3.63) is 64.8 Å². The number of hydrogen-bond acceptors (Lipinski definition) is 6. The number of aromatic nitrogens is 2. The first-order chi connectivity index (χ1) is 16.1. The minimum absolute atomic E-state index is 0.0418. The number of nitrogens with one attached hydrogen (secondary N) is 2. The SMILES string of the molecule is CCN(c1ccc2c(c1)NC(=O)CCC2)c1ncc(Cl)c(Nc2cccc(CCC#N)c2)n1. The molecule has 2 aromatic carbocycles. The number of rotatable bonds is 7. The summed E-state index contributed by atoms with van der Waals surface area (Å²) in [7, 11) is 0. The van der Waals surface area contributed by atoms with Crippen molar-refractivity contribution in [2.24, 2.45) is 0 Å². The number of carbonyl (C=O) groups is 1. The summed E-state index contributed by atoms with van der Waals surface area (Å²) in [6, 6.07) is 16.1. The van der Waals surface area contributed by atoms with Gasteiger partial charge in [-0.15, -0.1) is 0 Å². The number of nitrogens with zero attached hydrogens (tertiary/aromatic N) is 4. The van der Waals surface area contributed by atoms with E-state index in [0.29, 0.717) is 42.6 Å².